The van der Waals surface area contributed by atoms with Gasteiger partial charge in [0.25, 0.3) is 0 Å². The highest BCUT2D eigenvalue weighted by molar-refractivity contribution is 5.72. The summed E-state index contributed by atoms with van der Waals surface area (Å²) in [6.45, 7) is 0.568. The first-order valence-corrected chi connectivity index (χ1v) is 5.14. The number of nitrogens with one attached hydrogen (secondary N) is 1. The molecule has 2 rings (SSSR count). The van der Waals surface area contributed by atoms with Gasteiger partial charge in [-0.1, -0.05) is 0 Å². The summed E-state index contributed by atoms with van der Waals surface area (Å²) in [6.07, 6.45) is 1.35. The van der Waals surface area contributed by atoms with Crippen molar-refractivity contribution in [2.24, 2.45) is 5.92 Å². The van der Waals surface area contributed by atoms with Gasteiger partial charge in [-0.3, -0.25) is 4.79 Å². The van der Waals surface area contributed by atoms with Crippen LogP contribution in [-0.4, -0.2) is 47.4 Å². The maximum atomic E-state index is 10.9. The Morgan fingerprint density at radius 2 is 2.41 bits per heavy atom. The highest BCUT2D eigenvalue weighted by Gasteiger charge is 2.34. The lowest BCUT2D eigenvalue weighted by atomic mass is 10.0. The Morgan fingerprint density at radius 3 is 3.12 bits per heavy atom. The van der Waals surface area contributed by atoms with Gasteiger partial charge in [-0.25, -0.2) is 9.97 Å². The van der Waals surface area contributed by atoms with Crippen LogP contribution >= 0.6 is 0 Å². The maximum Gasteiger partial charge on any atom is 0.311 e. The Hall–Kier alpha value is -1.89. The van der Waals surface area contributed by atoms with E-state index in [-0.39, 0.29) is 12.6 Å². The third kappa shape index (κ3) is 2.62. The van der Waals surface area contributed by atoms with E-state index in [2.05, 4.69) is 15.3 Å². The van der Waals surface area contributed by atoms with Gasteiger partial charge < -0.3 is 19.9 Å². The van der Waals surface area contributed by atoms with Crippen LogP contribution in [-0.2, 0) is 9.53 Å². The molecule has 0 aliphatic carbocycles. The van der Waals surface area contributed by atoms with Gasteiger partial charge in [0.15, 0.2) is 0 Å². The largest absolute Gasteiger partial charge is 0.481 e. The third-order valence-corrected chi connectivity index (χ3v) is 2.58. The first-order valence-electron chi connectivity index (χ1n) is 5.14. The third-order valence-electron chi connectivity index (χ3n) is 2.58. The highest BCUT2D eigenvalue weighted by Crippen LogP contribution is 2.19. The van der Waals surface area contributed by atoms with Gasteiger partial charge in [-0.2, -0.15) is 0 Å². The lowest BCUT2D eigenvalue weighted by molar-refractivity contribution is -0.141. The fourth-order valence-electron chi connectivity index (χ4n) is 1.66. The van der Waals surface area contributed by atoms with Crippen LogP contribution in [0.25, 0.3) is 0 Å². The van der Waals surface area contributed by atoms with Gasteiger partial charge >= 0.3 is 5.97 Å². The molecule has 1 saturated heterocycles. The van der Waals surface area contributed by atoms with Crippen LogP contribution in [0.15, 0.2) is 12.4 Å². The Bertz CT molecular complexity index is 412. The second kappa shape index (κ2) is 4.96. The van der Waals surface area contributed by atoms with E-state index in [4.69, 9.17) is 14.6 Å². The summed E-state index contributed by atoms with van der Waals surface area (Å²) >= 11 is 0. The van der Waals surface area contributed by atoms with Gasteiger partial charge in [0.2, 0.25) is 5.88 Å². The zero-order chi connectivity index (χ0) is 12.3. The monoisotopic (exact) mass is 239 g/mol. The molecule has 1 aromatic heterocycles. The number of ether oxygens (including phenoxy) is 2. The lowest BCUT2D eigenvalue weighted by Gasteiger charge is -2.16. The number of anilines is 1. The Kier molecular flexibility index (Phi) is 3.38. The van der Waals surface area contributed by atoms with E-state index in [0.717, 1.165) is 0 Å². The normalized spacial score (nSPS) is 23.4. The van der Waals surface area contributed by atoms with E-state index in [0.29, 0.717) is 18.3 Å². The topological polar surface area (TPSA) is 93.6 Å². The molecule has 0 bridgehead atoms. The fraction of sp³-hybridized carbons (Fsp3) is 0.500. The molecule has 0 amide bonds. The zero-order valence-corrected chi connectivity index (χ0v) is 9.29. The van der Waals surface area contributed by atoms with Gasteiger partial charge in [0.05, 0.1) is 26.4 Å². The van der Waals surface area contributed by atoms with Crippen LogP contribution in [0.3, 0.4) is 0 Å². The molecule has 2 unspecified atom stereocenters. The minimum Gasteiger partial charge on any atom is -0.481 e. The van der Waals surface area contributed by atoms with Gasteiger partial charge in [0, 0.05) is 6.07 Å². The first kappa shape index (κ1) is 11.6. The van der Waals surface area contributed by atoms with Crippen molar-refractivity contribution in [2.45, 2.75) is 6.04 Å². The summed E-state index contributed by atoms with van der Waals surface area (Å²) in [4.78, 5) is 18.8. The SMILES string of the molecule is COc1cc(NC2COCC2C(=O)O)ncn1. The Morgan fingerprint density at radius 1 is 1.59 bits per heavy atom. The molecule has 92 valence electrons. The number of methoxy groups -OCH3 is 1. The smallest absolute Gasteiger partial charge is 0.311 e. The molecule has 0 saturated carbocycles. The molecule has 0 aromatic carbocycles. The molecule has 2 heterocycles. The molecular weight excluding hydrogens is 226 g/mol. The van der Waals surface area contributed by atoms with E-state index >= 15 is 0 Å². The number of carboxylic acids is 1. The van der Waals surface area contributed by atoms with E-state index in [1.807, 2.05) is 0 Å². The van der Waals surface area contributed by atoms with Crippen molar-refractivity contribution in [3.05, 3.63) is 12.4 Å². The van der Waals surface area contributed by atoms with Crippen molar-refractivity contribution >= 4 is 11.8 Å². The Balaban J connectivity index is 2.06. The minimum atomic E-state index is -0.874. The van der Waals surface area contributed by atoms with Crippen molar-refractivity contribution in [3.8, 4) is 5.88 Å². The summed E-state index contributed by atoms with van der Waals surface area (Å²) in [7, 11) is 1.50. The number of hydrogen-bond acceptors (Lipinski definition) is 6. The summed E-state index contributed by atoms with van der Waals surface area (Å²) < 4.78 is 10.1. The van der Waals surface area contributed by atoms with Crippen LogP contribution in [0.1, 0.15) is 0 Å². The average Bonchev–Trinajstić information content (AvgIpc) is 2.77. The molecule has 0 radical (unpaired) electrons. The summed E-state index contributed by atoms with van der Waals surface area (Å²) in [5.41, 5.74) is 0. The van der Waals surface area contributed by atoms with Crippen LogP contribution in [0, 0.1) is 5.92 Å². The molecule has 7 heteroatoms. The lowest BCUT2D eigenvalue weighted by Crippen LogP contribution is -2.33. The van der Waals surface area contributed by atoms with Gasteiger partial charge in [-0.15, -0.1) is 0 Å². The summed E-state index contributed by atoms with van der Waals surface area (Å²) in [5.74, 6) is -0.483. The van der Waals surface area contributed by atoms with Gasteiger partial charge in [0.1, 0.15) is 18.1 Å². The quantitative estimate of drug-likeness (QED) is 0.763. The van der Waals surface area contributed by atoms with E-state index in [1.54, 1.807) is 6.07 Å². The fourth-order valence-corrected chi connectivity index (χ4v) is 1.66. The maximum absolute atomic E-state index is 10.9. The standard InChI is InChI=1S/C10H13N3O4/c1-16-9-2-8(11-5-12-9)13-7-4-17-3-6(7)10(14)15/h2,5-7H,3-4H2,1H3,(H,14,15)(H,11,12,13). The van der Waals surface area contributed by atoms with Crippen molar-refractivity contribution in [1.29, 1.82) is 0 Å². The molecule has 1 aliphatic heterocycles. The molecule has 7 nitrogen and oxygen atoms in total. The van der Waals surface area contributed by atoms with Crippen molar-refractivity contribution in [1.82, 2.24) is 9.97 Å². The number of carbonyl (C=O) groups is 1. The molecular formula is C10H13N3O4. The van der Waals surface area contributed by atoms with Crippen LogP contribution in [0.4, 0.5) is 5.82 Å². The first-order chi connectivity index (χ1) is 8.20. The number of rotatable bonds is 4. The molecule has 1 aliphatic rings. The average molecular weight is 239 g/mol. The molecule has 1 aromatic rings. The number of hydrogen-bond donors (Lipinski definition) is 2. The molecule has 17 heavy (non-hydrogen) atoms. The molecule has 1 fully saturated rings. The second-order valence-electron chi connectivity index (χ2n) is 3.68. The van der Waals surface area contributed by atoms with Crippen molar-refractivity contribution < 1.29 is 19.4 Å². The van der Waals surface area contributed by atoms with Crippen LogP contribution in [0.5, 0.6) is 5.88 Å². The van der Waals surface area contributed by atoms with Crippen molar-refractivity contribution in [3.63, 3.8) is 0 Å². The highest BCUT2D eigenvalue weighted by atomic mass is 16.5. The van der Waals surface area contributed by atoms with E-state index in [1.165, 1.54) is 13.4 Å². The zero-order valence-electron chi connectivity index (χ0n) is 9.29. The number of aromatic nitrogens is 2. The Labute approximate surface area is 97.8 Å². The predicted octanol–water partition coefficient (Wildman–Crippen LogP) is -0.00330. The van der Waals surface area contributed by atoms with Gasteiger partial charge in [-0.05, 0) is 0 Å². The molecule has 2 N–H and O–H groups in total. The van der Waals surface area contributed by atoms with Crippen LogP contribution in [0.2, 0.25) is 0 Å². The predicted molar refractivity (Wildman–Crippen MR) is 57.9 cm³/mol. The number of aliphatic carboxylic acids is 1. The van der Waals surface area contributed by atoms with Crippen LogP contribution < -0.4 is 10.1 Å². The number of nitrogens with zero attached hydrogens (tertiary/aromatic N) is 2. The molecule has 2 atom stereocenters. The second-order valence-corrected chi connectivity index (χ2v) is 3.68. The number of carboxylic acid groups (broad SMARTS) is 1. The summed E-state index contributed by atoms with van der Waals surface area (Å²) in [6, 6.07) is 1.32. The van der Waals surface area contributed by atoms with E-state index in [9.17, 15) is 4.79 Å². The minimum absolute atomic E-state index is 0.217. The van der Waals surface area contributed by atoms with E-state index < -0.39 is 11.9 Å². The molecule has 0 spiro atoms. The van der Waals surface area contributed by atoms with Crippen molar-refractivity contribution in [2.75, 3.05) is 25.6 Å². The summed E-state index contributed by atoms with van der Waals surface area (Å²) in [5, 5.41) is 12.0.